The first-order valence-corrected chi connectivity index (χ1v) is 8.67. The highest BCUT2D eigenvalue weighted by molar-refractivity contribution is 5.83. The van der Waals surface area contributed by atoms with Crippen LogP contribution in [0.5, 0.6) is 5.75 Å². The SMILES string of the molecule is CN(C)CCCNC(=O)COc1ccc2c3c(c(=O)oc2c1)CCC3. The number of fused-ring (bicyclic) bond motifs is 3. The van der Waals surface area contributed by atoms with Gasteiger partial charge in [0.1, 0.15) is 11.3 Å². The number of carbonyl (C=O) groups excluding carboxylic acids is 1. The molecule has 0 radical (unpaired) electrons. The van der Waals surface area contributed by atoms with E-state index in [4.69, 9.17) is 9.15 Å². The quantitative estimate of drug-likeness (QED) is 0.612. The summed E-state index contributed by atoms with van der Waals surface area (Å²) in [5, 5.41) is 3.79. The Labute approximate surface area is 146 Å². The lowest BCUT2D eigenvalue weighted by atomic mass is 10.1. The van der Waals surface area contributed by atoms with Gasteiger partial charge in [-0.15, -0.1) is 0 Å². The highest BCUT2D eigenvalue weighted by Crippen LogP contribution is 2.29. The van der Waals surface area contributed by atoms with Crippen LogP contribution in [0.2, 0.25) is 0 Å². The topological polar surface area (TPSA) is 71.8 Å². The molecule has 1 amide bonds. The van der Waals surface area contributed by atoms with Crippen molar-refractivity contribution >= 4 is 16.9 Å². The Morgan fingerprint density at radius 3 is 2.88 bits per heavy atom. The second kappa shape index (κ2) is 7.70. The van der Waals surface area contributed by atoms with Crippen molar-refractivity contribution in [1.29, 1.82) is 0 Å². The second-order valence-corrected chi connectivity index (χ2v) is 6.65. The van der Waals surface area contributed by atoms with Crippen LogP contribution in [0.1, 0.15) is 24.0 Å². The van der Waals surface area contributed by atoms with E-state index >= 15 is 0 Å². The van der Waals surface area contributed by atoms with E-state index in [1.54, 1.807) is 6.07 Å². The van der Waals surface area contributed by atoms with E-state index in [1.807, 2.05) is 26.2 Å². The van der Waals surface area contributed by atoms with Crippen molar-refractivity contribution in [3.05, 3.63) is 39.7 Å². The van der Waals surface area contributed by atoms with Gasteiger partial charge in [-0.25, -0.2) is 4.79 Å². The van der Waals surface area contributed by atoms with Crippen LogP contribution in [0.15, 0.2) is 27.4 Å². The smallest absolute Gasteiger partial charge is 0.339 e. The second-order valence-electron chi connectivity index (χ2n) is 6.65. The number of amides is 1. The highest BCUT2D eigenvalue weighted by Gasteiger charge is 2.19. The molecule has 0 saturated heterocycles. The van der Waals surface area contributed by atoms with E-state index in [0.717, 1.165) is 48.7 Å². The number of hydrogen-bond donors (Lipinski definition) is 1. The third-order valence-electron chi connectivity index (χ3n) is 4.42. The molecule has 0 bridgehead atoms. The van der Waals surface area contributed by atoms with Crippen molar-refractivity contribution < 1.29 is 13.9 Å². The molecule has 1 aliphatic carbocycles. The van der Waals surface area contributed by atoms with Crippen molar-refractivity contribution in [3.8, 4) is 5.75 Å². The largest absolute Gasteiger partial charge is 0.484 e. The first-order chi connectivity index (χ1) is 12.0. The molecule has 0 saturated carbocycles. The third kappa shape index (κ3) is 4.20. The van der Waals surface area contributed by atoms with Crippen LogP contribution >= 0.6 is 0 Å². The molecular formula is C19H24N2O4. The summed E-state index contributed by atoms with van der Waals surface area (Å²) < 4.78 is 10.9. The molecule has 1 aliphatic rings. The monoisotopic (exact) mass is 344 g/mol. The van der Waals surface area contributed by atoms with Crippen LogP contribution in [-0.4, -0.2) is 44.6 Å². The van der Waals surface area contributed by atoms with E-state index in [1.165, 1.54) is 0 Å². The maximum absolute atomic E-state index is 12.0. The molecule has 6 heteroatoms. The van der Waals surface area contributed by atoms with Gasteiger partial charge in [0.2, 0.25) is 0 Å². The average Bonchev–Trinajstić information content (AvgIpc) is 3.07. The number of aryl methyl sites for hydroxylation is 1. The lowest BCUT2D eigenvalue weighted by molar-refractivity contribution is -0.123. The van der Waals surface area contributed by atoms with Crippen LogP contribution < -0.4 is 15.7 Å². The Morgan fingerprint density at radius 1 is 1.28 bits per heavy atom. The summed E-state index contributed by atoms with van der Waals surface area (Å²) in [7, 11) is 4.00. The number of nitrogens with one attached hydrogen (secondary N) is 1. The molecule has 2 aromatic rings. The van der Waals surface area contributed by atoms with Crippen LogP contribution in [0, 0.1) is 0 Å². The summed E-state index contributed by atoms with van der Waals surface area (Å²) in [5.74, 6) is 0.367. The van der Waals surface area contributed by atoms with Crippen molar-refractivity contribution in [2.45, 2.75) is 25.7 Å². The van der Waals surface area contributed by atoms with Gasteiger partial charge in [-0.3, -0.25) is 4.79 Å². The summed E-state index contributed by atoms with van der Waals surface area (Å²) in [6.45, 7) is 1.50. The van der Waals surface area contributed by atoms with Gasteiger partial charge in [-0.05, 0) is 64.0 Å². The molecule has 134 valence electrons. The molecule has 3 rings (SSSR count). The van der Waals surface area contributed by atoms with Crippen molar-refractivity contribution in [3.63, 3.8) is 0 Å². The standard InChI is InChI=1S/C19H24N2O4/c1-21(2)10-4-9-20-18(22)12-24-13-7-8-15-14-5-3-6-16(14)19(23)25-17(15)11-13/h7-8,11H,3-6,9-10,12H2,1-2H3,(H,20,22). The van der Waals surface area contributed by atoms with E-state index in [2.05, 4.69) is 10.2 Å². The minimum atomic E-state index is -0.254. The van der Waals surface area contributed by atoms with Crippen molar-refractivity contribution in [2.24, 2.45) is 0 Å². The number of benzene rings is 1. The summed E-state index contributed by atoms with van der Waals surface area (Å²) in [6, 6.07) is 5.42. The Morgan fingerprint density at radius 2 is 2.08 bits per heavy atom. The molecule has 1 aromatic carbocycles. The normalized spacial score (nSPS) is 13.2. The molecule has 0 spiro atoms. The Bertz CT molecular complexity index is 826. The number of ether oxygens (including phenoxy) is 1. The van der Waals surface area contributed by atoms with Gasteiger partial charge in [-0.1, -0.05) is 0 Å². The molecule has 1 N–H and O–H groups in total. The van der Waals surface area contributed by atoms with Gasteiger partial charge >= 0.3 is 5.63 Å². The van der Waals surface area contributed by atoms with Gasteiger partial charge in [0.15, 0.2) is 6.61 Å². The van der Waals surface area contributed by atoms with Gasteiger partial charge in [0, 0.05) is 23.6 Å². The first-order valence-electron chi connectivity index (χ1n) is 8.67. The minimum absolute atomic E-state index is 0.0529. The predicted molar refractivity (Wildman–Crippen MR) is 96.2 cm³/mol. The zero-order chi connectivity index (χ0) is 17.8. The summed E-state index contributed by atoms with van der Waals surface area (Å²) in [4.78, 5) is 25.9. The zero-order valence-electron chi connectivity index (χ0n) is 14.8. The number of rotatable bonds is 7. The lowest BCUT2D eigenvalue weighted by Gasteiger charge is -2.11. The fourth-order valence-electron chi connectivity index (χ4n) is 3.18. The summed E-state index contributed by atoms with van der Waals surface area (Å²) in [5.41, 5.74) is 2.17. The van der Waals surface area contributed by atoms with Gasteiger partial charge in [0.25, 0.3) is 5.91 Å². The molecule has 1 heterocycles. The summed E-state index contributed by atoms with van der Waals surface area (Å²) >= 11 is 0. The van der Waals surface area contributed by atoms with E-state index in [9.17, 15) is 9.59 Å². The number of carbonyl (C=O) groups is 1. The van der Waals surface area contributed by atoms with E-state index in [0.29, 0.717) is 17.9 Å². The summed E-state index contributed by atoms with van der Waals surface area (Å²) in [6.07, 6.45) is 3.59. The maximum atomic E-state index is 12.0. The van der Waals surface area contributed by atoms with E-state index < -0.39 is 0 Å². The number of nitrogens with zero attached hydrogens (tertiary/aromatic N) is 1. The van der Waals surface area contributed by atoms with E-state index in [-0.39, 0.29) is 18.1 Å². The van der Waals surface area contributed by atoms with Gasteiger partial charge in [0.05, 0.1) is 0 Å². The molecule has 25 heavy (non-hydrogen) atoms. The fraction of sp³-hybridized carbons (Fsp3) is 0.474. The van der Waals surface area contributed by atoms with Gasteiger partial charge in [-0.2, -0.15) is 0 Å². The lowest BCUT2D eigenvalue weighted by Crippen LogP contribution is -2.31. The van der Waals surface area contributed by atoms with Crippen LogP contribution in [0.4, 0.5) is 0 Å². The fourth-order valence-corrected chi connectivity index (χ4v) is 3.18. The molecular weight excluding hydrogens is 320 g/mol. The number of hydrogen-bond acceptors (Lipinski definition) is 5. The predicted octanol–water partition coefficient (Wildman–Crippen LogP) is 1.73. The highest BCUT2D eigenvalue weighted by atomic mass is 16.5. The van der Waals surface area contributed by atoms with Crippen LogP contribution in [-0.2, 0) is 17.6 Å². The molecule has 0 aliphatic heterocycles. The van der Waals surface area contributed by atoms with Gasteiger partial charge < -0.3 is 19.4 Å². The van der Waals surface area contributed by atoms with Crippen LogP contribution in [0.3, 0.4) is 0 Å². The third-order valence-corrected chi connectivity index (χ3v) is 4.42. The van der Waals surface area contributed by atoms with Crippen molar-refractivity contribution in [1.82, 2.24) is 10.2 Å². The van der Waals surface area contributed by atoms with Crippen molar-refractivity contribution in [2.75, 3.05) is 33.8 Å². The first kappa shape index (κ1) is 17.5. The molecule has 0 atom stereocenters. The maximum Gasteiger partial charge on any atom is 0.339 e. The Balaban J connectivity index is 1.60. The zero-order valence-corrected chi connectivity index (χ0v) is 14.8. The van der Waals surface area contributed by atoms with Crippen LogP contribution in [0.25, 0.3) is 11.0 Å². The Kier molecular flexibility index (Phi) is 5.38. The Hall–Kier alpha value is -2.34. The molecule has 6 nitrogen and oxygen atoms in total. The molecule has 0 fully saturated rings. The molecule has 1 aromatic heterocycles. The molecule has 0 unspecified atom stereocenters. The minimum Gasteiger partial charge on any atom is -0.484 e. The average molecular weight is 344 g/mol.